The highest BCUT2D eigenvalue weighted by molar-refractivity contribution is 7.89. The second-order valence-electron chi connectivity index (χ2n) is 6.36. The molecule has 4 rings (SSSR count). The van der Waals surface area contributed by atoms with E-state index in [2.05, 4.69) is 10.3 Å². The fraction of sp³-hybridized carbons (Fsp3) is 0.375. The van der Waals surface area contributed by atoms with E-state index in [0.29, 0.717) is 25.9 Å². The summed E-state index contributed by atoms with van der Waals surface area (Å²) in [4.78, 5) is 16.5. The number of carbonyl (C=O) groups is 1. The van der Waals surface area contributed by atoms with Crippen LogP contribution in [0.3, 0.4) is 0 Å². The van der Waals surface area contributed by atoms with Crippen molar-refractivity contribution in [3.05, 3.63) is 42.4 Å². The fourth-order valence-electron chi connectivity index (χ4n) is 3.63. The van der Waals surface area contributed by atoms with Gasteiger partial charge >= 0.3 is 0 Å². The van der Waals surface area contributed by atoms with Crippen LogP contribution in [0.25, 0.3) is 0 Å². The lowest BCUT2D eigenvalue weighted by molar-refractivity contribution is -0.122. The largest absolute Gasteiger partial charge is 0.339 e. The predicted molar refractivity (Wildman–Crippen MR) is 88.0 cm³/mol. The summed E-state index contributed by atoms with van der Waals surface area (Å²) >= 11 is 0. The predicted octanol–water partition coefficient (Wildman–Crippen LogP) is 1.09. The standard InChI is InChI=1S/C16H18N4O3S/c1-19-10-14(17-11-19)24(22,23)20-8-6-16(7-9-20)12-4-2-3-5-13(12)18-15(16)21/h2-5,10-11H,6-9H2,1H3,(H,18,21). The van der Waals surface area contributed by atoms with E-state index in [0.717, 1.165) is 11.3 Å². The molecular weight excluding hydrogens is 328 g/mol. The Morgan fingerprint density at radius 1 is 1.21 bits per heavy atom. The monoisotopic (exact) mass is 346 g/mol. The molecule has 0 aliphatic carbocycles. The Kier molecular flexibility index (Phi) is 3.29. The second-order valence-corrected chi connectivity index (χ2v) is 8.25. The van der Waals surface area contributed by atoms with Crippen LogP contribution in [-0.2, 0) is 27.3 Å². The lowest BCUT2D eigenvalue weighted by Crippen LogP contribution is -2.48. The summed E-state index contributed by atoms with van der Waals surface area (Å²) in [6.45, 7) is 0.612. The zero-order valence-electron chi connectivity index (χ0n) is 13.3. The Morgan fingerprint density at radius 2 is 1.92 bits per heavy atom. The van der Waals surface area contributed by atoms with Crippen LogP contribution in [0.4, 0.5) is 5.69 Å². The van der Waals surface area contributed by atoms with Gasteiger partial charge in [0.2, 0.25) is 5.91 Å². The number of piperidine rings is 1. The Bertz CT molecular complexity index is 911. The first-order valence-corrected chi connectivity index (χ1v) is 9.27. The summed E-state index contributed by atoms with van der Waals surface area (Å²) in [5.41, 5.74) is 1.20. The Morgan fingerprint density at radius 3 is 2.58 bits per heavy atom. The van der Waals surface area contributed by atoms with Gasteiger partial charge in [0.25, 0.3) is 10.0 Å². The maximum atomic E-state index is 12.7. The number of para-hydroxylation sites is 1. The minimum absolute atomic E-state index is 0.0291. The van der Waals surface area contributed by atoms with Crippen LogP contribution in [0.5, 0.6) is 0 Å². The topological polar surface area (TPSA) is 84.3 Å². The number of imidazole rings is 1. The maximum Gasteiger partial charge on any atom is 0.262 e. The van der Waals surface area contributed by atoms with E-state index < -0.39 is 15.4 Å². The molecule has 0 unspecified atom stereocenters. The van der Waals surface area contributed by atoms with E-state index in [1.807, 2.05) is 24.3 Å². The van der Waals surface area contributed by atoms with Crippen LogP contribution in [0.2, 0.25) is 0 Å². The third-order valence-electron chi connectivity index (χ3n) is 4.99. The summed E-state index contributed by atoms with van der Waals surface area (Å²) in [6.07, 6.45) is 3.92. The zero-order valence-corrected chi connectivity index (χ0v) is 14.1. The van der Waals surface area contributed by atoms with Gasteiger partial charge in [-0.2, -0.15) is 4.31 Å². The van der Waals surface area contributed by atoms with Crippen LogP contribution in [0.15, 0.2) is 41.8 Å². The molecule has 7 nitrogen and oxygen atoms in total. The molecule has 0 saturated carbocycles. The van der Waals surface area contributed by atoms with Gasteiger partial charge in [-0.05, 0) is 24.5 Å². The van der Waals surface area contributed by atoms with E-state index in [9.17, 15) is 13.2 Å². The molecule has 0 radical (unpaired) electrons. The highest BCUT2D eigenvalue weighted by atomic mass is 32.2. The SMILES string of the molecule is Cn1cnc(S(=O)(=O)N2CCC3(CC2)C(=O)Nc2ccccc23)c1. The van der Waals surface area contributed by atoms with E-state index >= 15 is 0 Å². The molecule has 1 saturated heterocycles. The first-order valence-electron chi connectivity index (χ1n) is 7.83. The van der Waals surface area contributed by atoms with E-state index in [1.165, 1.54) is 16.8 Å². The van der Waals surface area contributed by atoms with E-state index in [4.69, 9.17) is 0 Å². The summed E-state index contributed by atoms with van der Waals surface area (Å²) < 4.78 is 28.4. The fourth-order valence-corrected chi connectivity index (χ4v) is 5.04. The van der Waals surface area contributed by atoms with E-state index in [1.54, 1.807) is 11.6 Å². The zero-order chi connectivity index (χ0) is 16.9. The third-order valence-corrected chi connectivity index (χ3v) is 6.77. The van der Waals surface area contributed by atoms with E-state index in [-0.39, 0.29) is 10.9 Å². The molecule has 8 heteroatoms. The molecule has 126 valence electrons. The number of nitrogens with zero attached hydrogens (tertiary/aromatic N) is 3. The molecular formula is C16H18N4O3S. The molecule has 1 spiro atoms. The number of rotatable bonds is 2. The first kappa shape index (κ1) is 15.3. The van der Waals surface area contributed by atoms with Crippen LogP contribution >= 0.6 is 0 Å². The average molecular weight is 346 g/mol. The summed E-state index contributed by atoms with van der Waals surface area (Å²) in [5.74, 6) is -0.0291. The number of aryl methyl sites for hydroxylation is 1. The summed E-state index contributed by atoms with van der Waals surface area (Å²) in [6, 6.07) is 7.64. The van der Waals surface area contributed by atoms with Gasteiger partial charge in [-0.25, -0.2) is 13.4 Å². The van der Waals surface area contributed by atoms with Crippen molar-refractivity contribution < 1.29 is 13.2 Å². The Hall–Kier alpha value is -2.19. The van der Waals surface area contributed by atoms with Crippen molar-refractivity contribution in [3.63, 3.8) is 0 Å². The summed E-state index contributed by atoms with van der Waals surface area (Å²) in [5, 5.41) is 2.98. The molecule has 1 aromatic carbocycles. The van der Waals surface area contributed by atoms with Gasteiger partial charge in [-0.3, -0.25) is 4.79 Å². The minimum Gasteiger partial charge on any atom is -0.339 e. The molecule has 1 N–H and O–H groups in total. The van der Waals surface area contributed by atoms with Gasteiger partial charge in [-0.1, -0.05) is 18.2 Å². The smallest absolute Gasteiger partial charge is 0.262 e. The highest BCUT2D eigenvalue weighted by Crippen LogP contribution is 2.45. The number of hydrogen-bond donors (Lipinski definition) is 1. The van der Waals surface area contributed by atoms with Gasteiger partial charge in [-0.15, -0.1) is 0 Å². The van der Waals surface area contributed by atoms with Crippen molar-refractivity contribution in [1.29, 1.82) is 0 Å². The molecule has 3 heterocycles. The number of anilines is 1. The van der Waals surface area contributed by atoms with Crippen molar-refractivity contribution in [2.45, 2.75) is 23.3 Å². The van der Waals surface area contributed by atoms with Crippen LogP contribution in [0.1, 0.15) is 18.4 Å². The first-order chi connectivity index (χ1) is 11.4. The van der Waals surface area contributed by atoms with Crippen LogP contribution in [0, 0.1) is 0 Å². The number of amides is 1. The van der Waals surface area contributed by atoms with Gasteiger partial charge in [0, 0.05) is 32.0 Å². The van der Waals surface area contributed by atoms with Crippen molar-refractivity contribution in [2.24, 2.45) is 7.05 Å². The Balaban J connectivity index is 1.61. The molecule has 2 aromatic rings. The van der Waals surface area contributed by atoms with Gasteiger partial charge in [0.05, 0.1) is 11.7 Å². The molecule has 0 bridgehead atoms. The number of hydrogen-bond acceptors (Lipinski definition) is 4. The van der Waals surface area contributed by atoms with Crippen molar-refractivity contribution in [2.75, 3.05) is 18.4 Å². The van der Waals surface area contributed by atoms with Gasteiger partial charge < -0.3 is 9.88 Å². The number of carbonyl (C=O) groups excluding carboxylic acids is 1. The number of sulfonamides is 1. The normalized spacial score (nSPS) is 20.1. The number of nitrogens with one attached hydrogen (secondary N) is 1. The van der Waals surface area contributed by atoms with Crippen LogP contribution in [-0.4, -0.2) is 41.3 Å². The molecule has 1 fully saturated rings. The van der Waals surface area contributed by atoms with Crippen molar-refractivity contribution in [3.8, 4) is 0 Å². The average Bonchev–Trinajstić information content (AvgIpc) is 3.12. The molecule has 2 aliphatic heterocycles. The lowest BCUT2D eigenvalue weighted by atomic mass is 9.74. The molecule has 1 amide bonds. The Labute approximate surface area is 140 Å². The highest BCUT2D eigenvalue weighted by Gasteiger charge is 2.49. The quantitative estimate of drug-likeness (QED) is 0.882. The number of benzene rings is 1. The molecule has 2 aliphatic rings. The number of aromatic nitrogens is 2. The second kappa shape index (κ2) is 5.15. The van der Waals surface area contributed by atoms with Gasteiger partial charge in [0.15, 0.2) is 5.03 Å². The number of fused-ring (bicyclic) bond motifs is 2. The van der Waals surface area contributed by atoms with Crippen molar-refractivity contribution >= 4 is 21.6 Å². The lowest BCUT2D eigenvalue weighted by Gasteiger charge is -2.36. The maximum absolute atomic E-state index is 12.7. The van der Waals surface area contributed by atoms with Gasteiger partial charge in [0.1, 0.15) is 0 Å². The molecule has 0 atom stereocenters. The third kappa shape index (κ3) is 2.10. The molecule has 1 aromatic heterocycles. The minimum atomic E-state index is -3.61. The van der Waals surface area contributed by atoms with Crippen LogP contribution < -0.4 is 5.32 Å². The summed E-state index contributed by atoms with van der Waals surface area (Å²) in [7, 11) is -1.88. The van der Waals surface area contributed by atoms with Crippen molar-refractivity contribution in [1.82, 2.24) is 13.9 Å². The molecule has 24 heavy (non-hydrogen) atoms.